The molecule has 0 atom stereocenters. The van der Waals surface area contributed by atoms with Crippen LogP contribution in [0.3, 0.4) is 0 Å². The Morgan fingerprint density at radius 3 is 2.71 bits per heavy atom. The Bertz CT molecular complexity index is 486. The van der Waals surface area contributed by atoms with Gasteiger partial charge in [0.15, 0.2) is 6.29 Å². The maximum Gasteiger partial charge on any atom is 0.310 e. The number of ether oxygens (including phenoxy) is 1. The predicted octanol–water partition coefficient (Wildman–Crippen LogP) is 1.78. The maximum atomic E-state index is 11.1. The first-order valence-electron chi connectivity index (χ1n) is 4.48. The van der Waals surface area contributed by atoms with E-state index in [0.717, 1.165) is 6.07 Å². The van der Waals surface area contributed by atoms with Crippen LogP contribution in [-0.2, 0) is 16.0 Å². The molecule has 0 unspecified atom stereocenters. The first kappa shape index (κ1) is 13.1. The molecule has 0 fully saturated rings. The van der Waals surface area contributed by atoms with E-state index >= 15 is 0 Å². The van der Waals surface area contributed by atoms with Gasteiger partial charge in [-0.3, -0.25) is 19.7 Å². The summed E-state index contributed by atoms with van der Waals surface area (Å²) in [6.45, 7) is 0. The number of halogens is 1. The second-order valence-electron chi connectivity index (χ2n) is 3.13. The Labute approximate surface area is 101 Å². The van der Waals surface area contributed by atoms with Gasteiger partial charge in [-0.15, -0.1) is 0 Å². The highest BCUT2D eigenvalue weighted by atomic mass is 35.5. The highest BCUT2D eigenvalue weighted by Gasteiger charge is 2.19. The highest BCUT2D eigenvalue weighted by Crippen LogP contribution is 2.26. The van der Waals surface area contributed by atoms with Gasteiger partial charge in [0.25, 0.3) is 5.69 Å². The van der Waals surface area contributed by atoms with Gasteiger partial charge in [0.2, 0.25) is 0 Å². The Morgan fingerprint density at radius 1 is 1.59 bits per heavy atom. The van der Waals surface area contributed by atoms with E-state index in [-0.39, 0.29) is 28.3 Å². The molecule has 7 heteroatoms. The molecule has 1 rings (SSSR count). The minimum absolute atomic E-state index is 0.0275. The SMILES string of the molecule is COC(=O)Cc1cc(C=O)c(Cl)cc1[N+](=O)[O-]. The number of nitro groups is 1. The van der Waals surface area contributed by atoms with Crippen molar-refractivity contribution in [1.29, 1.82) is 0 Å². The highest BCUT2D eigenvalue weighted by molar-refractivity contribution is 6.33. The molecule has 0 aliphatic carbocycles. The summed E-state index contributed by atoms with van der Waals surface area (Å²) in [5.74, 6) is -0.632. The van der Waals surface area contributed by atoms with Crippen LogP contribution in [0.15, 0.2) is 12.1 Å². The summed E-state index contributed by atoms with van der Waals surface area (Å²) in [7, 11) is 1.17. The summed E-state index contributed by atoms with van der Waals surface area (Å²) in [5, 5.41) is 10.7. The first-order chi connectivity index (χ1) is 7.99. The number of methoxy groups -OCH3 is 1. The number of aldehydes is 1. The largest absolute Gasteiger partial charge is 0.469 e. The van der Waals surface area contributed by atoms with Gasteiger partial charge in [-0.1, -0.05) is 11.6 Å². The van der Waals surface area contributed by atoms with Gasteiger partial charge in [0.05, 0.1) is 23.5 Å². The van der Waals surface area contributed by atoms with E-state index in [1.165, 1.54) is 13.2 Å². The quantitative estimate of drug-likeness (QED) is 0.355. The average Bonchev–Trinajstić information content (AvgIpc) is 2.30. The van der Waals surface area contributed by atoms with Gasteiger partial charge < -0.3 is 4.74 Å². The number of nitrogens with zero attached hydrogens (tertiary/aromatic N) is 1. The molecule has 1 aromatic rings. The third-order valence-corrected chi connectivity index (χ3v) is 2.41. The predicted molar refractivity (Wildman–Crippen MR) is 59.2 cm³/mol. The molecular formula is C10H8ClNO5. The minimum Gasteiger partial charge on any atom is -0.469 e. The normalized spacial score (nSPS) is 9.76. The van der Waals surface area contributed by atoms with Crippen LogP contribution in [-0.4, -0.2) is 24.3 Å². The summed E-state index contributed by atoms with van der Waals surface area (Å²) >= 11 is 5.66. The van der Waals surface area contributed by atoms with Crippen molar-refractivity contribution in [3.63, 3.8) is 0 Å². The lowest BCUT2D eigenvalue weighted by Crippen LogP contribution is -2.07. The van der Waals surface area contributed by atoms with Crippen molar-refractivity contribution in [2.45, 2.75) is 6.42 Å². The first-order valence-corrected chi connectivity index (χ1v) is 4.86. The van der Waals surface area contributed by atoms with E-state index < -0.39 is 10.9 Å². The number of hydrogen-bond donors (Lipinski definition) is 0. The van der Waals surface area contributed by atoms with E-state index in [9.17, 15) is 19.7 Å². The molecule has 0 amide bonds. The molecule has 0 heterocycles. The molecule has 0 aliphatic heterocycles. The number of carbonyl (C=O) groups excluding carboxylic acids is 2. The molecule has 0 saturated carbocycles. The fourth-order valence-corrected chi connectivity index (χ4v) is 1.46. The summed E-state index contributed by atoms with van der Waals surface area (Å²) in [6.07, 6.45) is 0.178. The smallest absolute Gasteiger partial charge is 0.310 e. The lowest BCUT2D eigenvalue weighted by Gasteiger charge is -2.04. The fourth-order valence-electron chi connectivity index (χ4n) is 1.26. The second kappa shape index (κ2) is 5.40. The third-order valence-electron chi connectivity index (χ3n) is 2.08. The Morgan fingerprint density at radius 2 is 2.24 bits per heavy atom. The molecule has 17 heavy (non-hydrogen) atoms. The van der Waals surface area contributed by atoms with Crippen LogP contribution in [0.1, 0.15) is 15.9 Å². The van der Waals surface area contributed by atoms with Gasteiger partial charge in [-0.05, 0) is 6.07 Å². The zero-order valence-electron chi connectivity index (χ0n) is 8.81. The molecule has 0 bridgehead atoms. The molecule has 1 aromatic carbocycles. The van der Waals surface area contributed by atoms with Gasteiger partial charge in [-0.2, -0.15) is 0 Å². The van der Waals surface area contributed by atoms with E-state index in [0.29, 0.717) is 6.29 Å². The second-order valence-corrected chi connectivity index (χ2v) is 3.54. The average molecular weight is 258 g/mol. The molecule has 0 N–H and O–H groups in total. The van der Waals surface area contributed by atoms with Crippen molar-refractivity contribution >= 4 is 29.5 Å². The third kappa shape index (κ3) is 3.01. The van der Waals surface area contributed by atoms with E-state index in [1.54, 1.807) is 0 Å². The monoisotopic (exact) mass is 257 g/mol. The number of esters is 1. The summed E-state index contributed by atoms with van der Waals surface area (Å²) in [5.41, 5.74) is -0.129. The van der Waals surface area contributed by atoms with Crippen molar-refractivity contribution in [3.8, 4) is 0 Å². The number of carbonyl (C=O) groups is 2. The van der Waals surface area contributed by atoms with Crippen molar-refractivity contribution < 1.29 is 19.2 Å². The molecule has 0 radical (unpaired) electrons. The molecule has 90 valence electrons. The Kier molecular flexibility index (Phi) is 4.17. The van der Waals surface area contributed by atoms with Crippen LogP contribution in [0.25, 0.3) is 0 Å². The van der Waals surface area contributed by atoms with Gasteiger partial charge in [-0.25, -0.2) is 0 Å². The topological polar surface area (TPSA) is 86.5 Å². The Balaban J connectivity index is 3.28. The molecule has 0 aliphatic rings. The maximum absolute atomic E-state index is 11.1. The van der Waals surface area contributed by atoms with Gasteiger partial charge in [0.1, 0.15) is 0 Å². The number of rotatable bonds is 4. The van der Waals surface area contributed by atoms with Crippen LogP contribution in [0.4, 0.5) is 5.69 Å². The van der Waals surface area contributed by atoms with Gasteiger partial charge >= 0.3 is 5.97 Å². The zero-order chi connectivity index (χ0) is 13.0. The molecule has 0 aromatic heterocycles. The lowest BCUT2D eigenvalue weighted by molar-refractivity contribution is -0.385. The van der Waals surface area contributed by atoms with Crippen LogP contribution in [0.2, 0.25) is 5.02 Å². The van der Waals surface area contributed by atoms with Crippen molar-refractivity contribution in [2.24, 2.45) is 0 Å². The van der Waals surface area contributed by atoms with E-state index in [2.05, 4.69) is 4.74 Å². The van der Waals surface area contributed by atoms with E-state index in [1.807, 2.05) is 0 Å². The molecule has 6 nitrogen and oxygen atoms in total. The van der Waals surface area contributed by atoms with Crippen LogP contribution in [0.5, 0.6) is 0 Å². The van der Waals surface area contributed by atoms with Gasteiger partial charge in [0, 0.05) is 17.2 Å². The summed E-state index contributed by atoms with van der Waals surface area (Å²) < 4.78 is 4.41. The van der Waals surface area contributed by atoms with Crippen LogP contribution < -0.4 is 0 Å². The summed E-state index contributed by atoms with van der Waals surface area (Å²) in [6, 6.07) is 2.26. The van der Waals surface area contributed by atoms with Crippen molar-refractivity contribution in [1.82, 2.24) is 0 Å². The zero-order valence-corrected chi connectivity index (χ0v) is 9.56. The van der Waals surface area contributed by atoms with Crippen molar-refractivity contribution in [2.75, 3.05) is 7.11 Å². The van der Waals surface area contributed by atoms with Crippen LogP contribution in [0, 0.1) is 10.1 Å². The number of benzene rings is 1. The van der Waals surface area contributed by atoms with Crippen molar-refractivity contribution in [3.05, 3.63) is 38.4 Å². The molecule has 0 saturated heterocycles. The number of nitro benzene ring substituents is 1. The summed E-state index contributed by atoms with van der Waals surface area (Å²) in [4.78, 5) is 31.8. The lowest BCUT2D eigenvalue weighted by atomic mass is 10.1. The molecule has 0 spiro atoms. The Hall–Kier alpha value is -1.95. The van der Waals surface area contributed by atoms with Crippen LogP contribution >= 0.6 is 11.6 Å². The standard InChI is InChI=1S/C10H8ClNO5/c1-17-10(14)3-6-2-7(5-13)8(11)4-9(6)12(15)16/h2,4-5H,3H2,1H3. The fraction of sp³-hybridized carbons (Fsp3) is 0.200. The molecular weight excluding hydrogens is 250 g/mol. The number of hydrogen-bond acceptors (Lipinski definition) is 5. The minimum atomic E-state index is -0.668. The van der Waals surface area contributed by atoms with E-state index in [4.69, 9.17) is 11.6 Å².